The van der Waals surface area contributed by atoms with Gasteiger partial charge in [-0.25, -0.2) is 0 Å². The highest BCUT2D eigenvalue weighted by Gasteiger charge is 2.21. The summed E-state index contributed by atoms with van der Waals surface area (Å²) in [5.41, 5.74) is 1.15. The molecule has 0 aliphatic carbocycles. The molecule has 1 aliphatic heterocycles. The summed E-state index contributed by atoms with van der Waals surface area (Å²) in [4.78, 5) is 7.49. The van der Waals surface area contributed by atoms with Gasteiger partial charge in [-0.15, -0.1) is 24.0 Å². The van der Waals surface area contributed by atoms with Crippen LogP contribution in [0.1, 0.15) is 66.0 Å². The van der Waals surface area contributed by atoms with Gasteiger partial charge in [-0.2, -0.15) is 0 Å². The molecule has 1 fully saturated rings. The van der Waals surface area contributed by atoms with Gasteiger partial charge in [0.2, 0.25) is 0 Å². The smallest absolute Gasteiger partial charge is 0.191 e. The first-order valence-corrected chi connectivity index (χ1v) is 11.7. The van der Waals surface area contributed by atoms with Gasteiger partial charge < -0.3 is 25.0 Å². The molecule has 2 unspecified atom stereocenters. The van der Waals surface area contributed by atoms with Crippen molar-refractivity contribution in [1.82, 2.24) is 15.5 Å². The molecule has 6 nitrogen and oxygen atoms in total. The molecule has 0 amide bonds. The SMILES string of the molecule is CCNC(=NCC1CCCN(C(C)C)C1)NC(C)c1ccc(OCC)c(OCC)c1.I. The van der Waals surface area contributed by atoms with Crippen molar-refractivity contribution in [1.29, 1.82) is 0 Å². The van der Waals surface area contributed by atoms with Crippen LogP contribution in [-0.2, 0) is 0 Å². The van der Waals surface area contributed by atoms with Crippen LogP contribution < -0.4 is 20.1 Å². The molecule has 0 bridgehead atoms. The lowest BCUT2D eigenvalue weighted by Crippen LogP contribution is -2.42. The maximum absolute atomic E-state index is 5.79. The number of aliphatic imine (C=N–C) groups is 1. The Balaban J connectivity index is 0.00000480. The van der Waals surface area contributed by atoms with Crippen molar-refractivity contribution in [2.75, 3.05) is 39.4 Å². The number of nitrogens with zero attached hydrogens (tertiary/aromatic N) is 2. The van der Waals surface area contributed by atoms with E-state index in [0.717, 1.165) is 42.7 Å². The van der Waals surface area contributed by atoms with Crippen molar-refractivity contribution < 1.29 is 9.47 Å². The second-order valence-electron chi connectivity index (χ2n) is 8.25. The third kappa shape index (κ3) is 9.04. The van der Waals surface area contributed by atoms with Crippen LogP contribution in [0.5, 0.6) is 11.5 Å². The first kappa shape index (κ1) is 27.8. The predicted octanol–water partition coefficient (Wildman–Crippen LogP) is 4.84. The van der Waals surface area contributed by atoms with Gasteiger partial charge in [0.25, 0.3) is 0 Å². The number of ether oxygens (including phenoxy) is 2. The first-order valence-electron chi connectivity index (χ1n) is 11.7. The Labute approximate surface area is 206 Å². The van der Waals surface area contributed by atoms with E-state index in [2.05, 4.69) is 55.4 Å². The lowest BCUT2D eigenvalue weighted by atomic mass is 9.97. The molecule has 0 radical (unpaired) electrons. The summed E-state index contributed by atoms with van der Waals surface area (Å²) in [6.07, 6.45) is 2.53. The van der Waals surface area contributed by atoms with E-state index in [9.17, 15) is 0 Å². The van der Waals surface area contributed by atoms with E-state index in [1.54, 1.807) is 0 Å². The largest absolute Gasteiger partial charge is 0.490 e. The predicted molar refractivity (Wildman–Crippen MR) is 141 cm³/mol. The minimum Gasteiger partial charge on any atom is -0.490 e. The average molecular weight is 547 g/mol. The molecule has 178 valence electrons. The van der Waals surface area contributed by atoms with Gasteiger partial charge in [0.15, 0.2) is 17.5 Å². The molecule has 1 aromatic rings. The molecule has 0 spiro atoms. The second kappa shape index (κ2) is 14.8. The van der Waals surface area contributed by atoms with Crippen LogP contribution in [0.2, 0.25) is 0 Å². The van der Waals surface area contributed by atoms with Crippen LogP contribution in [0.4, 0.5) is 0 Å². The van der Waals surface area contributed by atoms with Crippen LogP contribution in [0.25, 0.3) is 0 Å². The van der Waals surface area contributed by atoms with Gasteiger partial charge in [-0.05, 0) is 84.5 Å². The Morgan fingerprint density at radius 1 is 1.13 bits per heavy atom. The summed E-state index contributed by atoms with van der Waals surface area (Å²) in [7, 11) is 0. The third-order valence-corrected chi connectivity index (χ3v) is 5.55. The van der Waals surface area contributed by atoms with Crippen molar-refractivity contribution in [3.8, 4) is 11.5 Å². The maximum Gasteiger partial charge on any atom is 0.191 e. The van der Waals surface area contributed by atoms with Crippen LogP contribution in [-0.4, -0.2) is 56.3 Å². The molecular weight excluding hydrogens is 503 g/mol. The van der Waals surface area contributed by atoms with E-state index >= 15 is 0 Å². The van der Waals surface area contributed by atoms with Crippen molar-refractivity contribution in [3.05, 3.63) is 23.8 Å². The van der Waals surface area contributed by atoms with Crippen LogP contribution in [0.3, 0.4) is 0 Å². The van der Waals surface area contributed by atoms with E-state index in [-0.39, 0.29) is 30.0 Å². The molecule has 2 atom stereocenters. The molecule has 1 heterocycles. The molecule has 2 N–H and O–H groups in total. The summed E-state index contributed by atoms with van der Waals surface area (Å²) in [5, 5.41) is 6.96. The van der Waals surface area contributed by atoms with Crippen molar-refractivity contribution in [2.45, 2.75) is 66.5 Å². The molecule has 0 saturated carbocycles. The number of guanidine groups is 1. The van der Waals surface area contributed by atoms with Gasteiger partial charge in [0.1, 0.15) is 0 Å². The Bertz CT molecular complexity index is 669. The molecule has 2 rings (SSSR count). The lowest BCUT2D eigenvalue weighted by molar-refractivity contribution is 0.143. The fourth-order valence-electron chi connectivity index (χ4n) is 3.88. The van der Waals surface area contributed by atoms with Gasteiger partial charge in [0, 0.05) is 25.7 Å². The molecule has 1 aliphatic rings. The van der Waals surface area contributed by atoms with Gasteiger partial charge in [-0.3, -0.25) is 4.99 Å². The summed E-state index contributed by atoms with van der Waals surface area (Å²) in [6, 6.07) is 6.88. The highest BCUT2D eigenvalue weighted by molar-refractivity contribution is 14.0. The Kier molecular flexibility index (Phi) is 13.3. The molecular formula is C24H43IN4O2. The number of hydrogen-bond acceptors (Lipinski definition) is 4. The molecule has 0 aromatic heterocycles. The maximum atomic E-state index is 5.79. The second-order valence-corrected chi connectivity index (χ2v) is 8.25. The van der Waals surface area contributed by atoms with E-state index in [1.165, 1.54) is 19.4 Å². The van der Waals surface area contributed by atoms with Gasteiger partial charge in [-0.1, -0.05) is 6.07 Å². The minimum atomic E-state index is 0. The zero-order chi connectivity index (χ0) is 21.9. The Morgan fingerprint density at radius 3 is 2.48 bits per heavy atom. The molecule has 1 saturated heterocycles. The van der Waals surface area contributed by atoms with Gasteiger partial charge in [0.05, 0.1) is 19.3 Å². The van der Waals surface area contributed by atoms with Gasteiger partial charge >= 0.3 is 0 Å². The van der Waals surface area contributed by atoms with Crippen molar-refractivity contribution in [2.24, 2.45) is 10.9 Å². The topological polar surface area (TPSA) is 58.1 Å². The number of nitrogens with one attached hydrogen (secondary N) is 2. The molecule has 7 heteroatoms. The summed E-state index contributed by atoms with van der Waals surface area (Å²) in [6.45, 7) is 18.1. The molecule has 31 heavy (non-hydrogen) atoms. The highest BCUT2D eigenvalue weighted by atomic mass is 127. The van der Waals surface area contributed by atoms with Crippen LogP contribution in [0.15, 0.2) is 23.2 Å². The monoisotopic (exact) mass is 546 g/mol. The zero-order valence-electron chi connectivity index (χ0n) is 20.2. The molecule has 1 aromatic carbocycles. The normalized spacial score (nSPS) is 18.3. The van der Waals surface area contributed by atoms with Crippen molar-refractivity contribution >= 4 is 29.9 Å². The summed E-state index contributed by atoms with van der Waals surface area (Å²) < 4.78 is 11.5. The first-order chi connectivity index (χ1) is 14.5. The number of piperidine rings is 1. The fourth-order valence-corrected chi connectivity index (χ4v) is 3.88. The number of benzene rings is 1. The fraction of sp³-hybridized carbons (Fsp3) is 0.708. The van der Waals surface area contributed by atoms with Crippen molar-refractivity contribution in [3.63, 3.8) is 0 Å². The highest BCUT2D eigenvalue weighted by Crippen LogP contribution is 2.30. The number of hydrogen-bond donors (Lipinski definition) is 2. The van der Waals surface area contributed by atoms with E-state index < -0.39 is 0 Å². The standard InChI is InChI=1S/C24H42N4O2.HI/c1-7-25-24(26-16-20-11-10-14-28(17-20)18(4)5)27-19(6)21-12-13-22(29-8-2)23(15-21)30-9-3;/h12-13,15,18-20H,7-11,14,16-17H2,1-6H3,(H2,25,26,27);1H. The van der Waals surface area contributed by atoms with E-state index in [4.69, 9.17) is 14.5 Å². The summed E-state index contributed by atoms with van der Waals surface area (Å²) in [5.74, 6) is 3.09. The van der Waals surface area contributed by atoms with Crippen LogP contribution in [0, 0.1) is 5.92 Å². The number of likely N-dealkylation sites (tertiary alicyclic amines) is 1. The number of halogens is 1. The third-order valence-electron chi connectivity index (χ3n) is 5.55. The quantitative estimate of drug-likeness (QED) is 0.250. The number of rotatable bonds is 10. The van der Waals surface area contributed by atoms with E-state index in [1.807, 2.05) is 19.9 Å². The Hall–Kier alpha value is -1.22. The lowest BCUT2D eigenvalue weighted by Gasteiger charge is -2.35. The minimum absolute atomic E-state index is 0. The summed E-state index contributed by atoms with van der Waals surface area (Å²) >= 11 is 0. The Morgan fingerprint density at radius 2 is 1.84 bits per heavy atom. The average Bonchev–Trinajstić information content (AvgIpc) is 2.74. The van der Waals surface area contributed by atoms with E-state index in [0.29, 0.717) is 25.2 Å². The van der Waals surface area contributed by atoms with Crippen LogP contribution >= 0.6 is 24.0 Å². The zero-order valence-corrected chi connectivity index (χ0v) is 22.6.